The predicted octanol–water partition coefficient (Wildman–Crippen LogP) is 6.01. The Morgan fingerprint density at radius 2 is 2.14 bits per heavy atom. The summed E-state index contributed by atoms with van der Waals surface area (Å²) < 4.78 is 13.2. The zero-order valence-electron chi connectivity index (χ0n) is 17.5. The molecule has 1 atom stereocenters. The minimum atomic E-state index is -0.238. The highest BCUT2D eigenvalue weighted by atomic mass is 32.2. The lowest BCUT2D eigenvalue weighted by atomic mass is 9.92. The lowest BCUT2D eigenvalue weighted by Gasteiger charge is -2.25. The van der Waals surface area contributed by atoms with E-state index in [4.69, 9.17) is 9.47 Å². The molecule has 152 valence electrons. The summed E-state index contributed by atoms with van der Waals surface area (Å²) in [5.74, 6) is 0.659. The van der Waals surface area contributed by atoms with Crippen molar-refractivity contribution < 1.29 is 14.3 Å². The molecule has 4 nitrogen and oxygen atoms in total. The van der Waals surface area contributed by atoms with Crippen molar-refractivity contribution in [3.63, 3.8) is 0 Å². The molecule has 0 radical (unpaired) electrons. The van der Waals surface area contributed by atoms with Crippen molar-refractivity contribution in [1.82, 2.24) is 4.57 Å². The van der Waals surface area contributed by atoms with E-state index in [0.29, 0.717) is 17.6 Å². The second kappa shape index (κ2) is 8.15. The van der Waals surface area contributed by atoms with Gasteiger partial charge in [-0.1, -0.05) is 17.7 Å². The average molecular weight is 410 g/mol. The van der Waals surface area contributed by atoms with Crippen LogP contribution < -0.4 is 4.74 Å². The Bertz CT molecular complexity index is 1000. The van der Waals surface area contributed by atoms with Crippen LogP contribution in [0.2, 0.25) is 0 Å². The van der Waals surface area contributed by atoms with Crippen LogP contribution in [-0.2, 0) is 17.7 Å². The summed E-state index contributed by atoms with van der Waals surface area (Å²) in [6.07, 6.45) is 6.20. The first kappa shape index (κ1) is 19.9. The molecular weight excluding hydrogens is 382 g/mol. The molecule has 0 fully saturated rings. The highest BCUT2D eigenvalue weighted by Gasteiger charge is 2.31. The van der Waals surface area contributed by atoms with Crippen molar-refractivity contribution in [2.75, 3.05) is 13.7 Å². The maximum Gasteiger partial charge on any atom is 0.354 e. The molecule has 0 spiro atoms. The minimum absolute atomic E-state index is 0.238. The van der Waals surface area contributed by atoms with Gasteiger partial charge in [-0.2, -0.15) is 0 Å². The van der Waals surface area contributed by atoms with E-state index in [1.54, 1.807) is 7.11 Å². The van der Waals surface area contributed by atoms with Gasteiger partial charge < -0.3 is 14.0 Å². The van der Waals surface area contributed by atoms with Crippen LogP contribution in [0, 0.1) is 0 Å². The summed E-state index contributed by atoms with van der Waals surface area (Å²) in [4.78, 5) is 12.7. The molecule has 5 heteroatoms. The summed E-state index contributed by atoms with van der Waals surface area (Å²) >= 11 is 1.82. The van der Waals surface area contributed by atoms with Crippen LogP contribution in [0.4, 0.5) is 0 Å². The van der Waals surface area contributed by atoms with E-state index >= 15 is 0 Å². The topological polar surface area (TPSA) is 40.5 Å². The monoisotopic (exact) mass is 409 g/mol. The van der Waals surface area contributed by atoms with Crippen LogP contribution in [0.1, 0.15) is 59.6 Å². The molecular formula is C24H27NO3S. The smallest absolute Gasteiger partial charge is 0.354 e. The van der Waals surface area contributed by atoms with Crippen LogP contribution in [0.15, 0.2) is 35.3 Å². The summed E-state index contributed by atoms with van der Waals surface area (Å²) in [5.41, 5.74) is 7.79. The van der Waals surface area contributed by atoms with Gasteiger partial charge in [0.15, 0.2) is 0 Å². The zero-order chi connectivity index (χ0) is 20.5. The number of benzene rings is 1. The molecule has 1 unspecified atom stereocenters. The third-order valence-corrected chi connectivity index (χ3v) is 6.53. The number of nitrogens with zero attached hydrogens (tertiary/aromatic N) is 1. The van der Waals surface area contributed by atoms with E-state index in [1.165, 1.54) is 22.3 Å². The van der Waals surface area contributed by atoms with Crippen molar-refractivity contribution in [3.8, 4) is 17.0 Å². The molecule has 0 aliphatic carbocycles. The fraction of sp³-hybridized carbons (Fsp3) is 0.375. The Morgan fingerprint density at radius 3 is 2.79 bits per heavy atom. The Balaban J connectivity index is 1.92. The normalized spacial score (nSPS) is 16.9. The standard InChI is InChI=1S/C24H27NO3S/c1-5-28-24(26)20-14-19(22-7-6-10-29-22)23-18-12-17(11-15(2)3)21(27-4)13-16(18)8-9-25(20)23/h6,10-14,22H,5,7-9H2,1-4H3. The van der Waals surface area contributed by atoms with Gasteiger partial charge in [-0.05, 0) is 68.3 Å². The number of aryl methyl sites for hydroxylation is 1. The molecule has 2 aliphatic heterocycles. The van der Waals surface area contributed by atoms with E-state index in [0.717, 1.165) is 36.4 Å². The van der Waals surface area contributed by atoms with Gasteiger partial charge in [-0.3, -0.25) is 0 Å². The molecule has 0 amide bonds. The lowest BCUT2D eigenvalue weighted by Crippen LogP contribution is -2.18. The van der Waals surface area contributed by atoms with Crippen LogP contribution in [0.3, 0.4) is 0 Å². The van der Waals surface area contributed by atoms with E-state index in [1.807, 2.05) is 18.7 Å². The SMILES string of the molecule is CCOC(=O)c1cc(C2CC=CS2)c2n1CCc1cc(OC)c(C=C(C)C)cc1-2. The van der Waals surface area contributed by atoms with E-state index in [9.17, 15) is 4.79 Å². The number of hydrogen-bond acceptors (Lipinski definition) is 4. The van der Waals surface area contributed by atoms with Crippen LogP contribution >= 0.6 is 11.8 Å². The Labute approximate surface area is 176 Å². The number of carbonyl (C=O) groups excluding carboxylic acids is 1. The predicted molar refractivity (Wildman–Crippen MR) is 119 cm³/mol. The molecule has 4 rings (SSSR count). The van der Waals surface area contributed by atoms with Gasteiger partial charge in [0, 0.05) is 22.9 Å². The number of hydrogen-bond donors (Lipinski definition) is 0. The van der Waals surface area contributed by atoms with Gasteiger partial charge >= 0.3 is 5.97 Å². The minimum Gasteiger partial charge on any atom is -0.496 e. The van der Waals surface area contributed by atoms with Gasteiger partial charge in [0.2, 0.25) is 0 Å². The Morgan fingerprint density at radius 1 is 1.31 bits per heavy atom. The molecule has 0 saturated heterocycles. The van der Waals surface area contributed by atoms with E-state index in [2.05, 4.69) is 54.2 Å². The van der Waals surface area contributed by atoms with E-state index < -0.39 is 0 Å². The summed E-state index contributed by atoms with van der Waals surface area (Å²) in [6.45, 7) is 7.18. The Hall–Kier alpha value is -2.40. The maximum atomic E-state index is 12.7. The van der Waals surface area contributed by atoms with Gasteiger partial charge in [0.1, 0.15) is 11.4 Å². The number of allylic oxidation sites excluding steroid dienone is 2. The van der Waals surface area contributed by atoms with Crippen molar-refractivity contribution >= 4 is 23.8 Å². The number of thioether (sulfide) groups is 1. The van der Waals surface area contributed by atoms with Gasteiger partial charge in [-0.25, -0.2) is 4.79 Å². The molecule has 2 aliphatic rings. The lowest BCUT2D eigenvalue weighted by molar-refractivity contribution is 0.0514. The first-order valence-corrected chi connectivity index (χ1v) is 11.0. The number of fused-ring (bicyclic) bond motifs is 3. The summed E-state index contributed by atoms with van der Waals surface area (Å²) in [7, 11) is 1.72. The highest BCUT2D eigenvalue weighted by molar-refractivity contribution is 8.02. The number of ether oxygens (including phenoxy) is 2. The largest absolute Gasteiger partial charge is 0.496 e. The maximum absolute atomic E-state index is 12.7. The highest BCUT2D eigenvalue weighted by Crippen LogP contribution is 2.47. The van der Waals surface area contributed by atoms with Crippen molar-refractivity contribution in [2.24, 2.45) is 0 Å². The van der Waals surface area contributed by atoms with Gasteiger partial charge in [0.25, 0.3) is 0 Å². The molecule has 3 heterocycles. The van der Waals surface area contributed by atoms with Crippen LogP contribution in [-0.4, -0.2) is 24.3 Å². The number of aromatic nitrogens is 1. The second-order valence-corrected chi connectivity index (χ2v) is 8.77. The second-order valence-electron chi connectivity index (χ2n) is 7.66. The zero-order valence-corrected chi connectivity index (χ0v) is 18.3. The van der Waals surface area contributed by atoms with Crippen molar-refractivity contribution in [3.05, 3.63) is 57.6 Å². The van der Waals surface area contributed by atoms with Crippen LogP contribution in [0.5, 0.6) is 5.75 Å². The third-order valence-electron chi connectivity index (χ3n) is 5.41. The van der Waals surface area contributed by atoms with Crippen molar-refractivity contribution in [2.45, 2.75) is 45.4 Å². The number of methoxy groups -OCH3 is 1. The molecule has 0 N–H and O–H groups in total. The third kappa shape index (κ3) is 3.64. The van der Waals surface area contributed by atoms with Crippen LogP contribution in [0.25, 0.3) is 17.3 Å². The summed E-state index contributed by atoms with van der Waals surface area (Å²) in [5, 5.41) is 2.49. The quantitative estimate of drug-likeness (QED) is 0.567. The number of esters is 1. The number of carbonyl (C=O) groups is 1. The summed E-state index contributed by atoms with van der Waals surface area (Å²) in [6, 6.07) is 6.43. The average Bonchev–Trinajstić information content (AvgIpc) is 3.35. The first-order valence-electron chi connectivity index (χ1n) is 10.1. The fourth-order valence-corrected chi connectivity index (χ4v) is 5.17. The van der Waals surface area contributed by atoms with Crippen molar-refractivity contribution in [1.29, 1.82) is 0 Å². The van der Waals surface area contributed by atoms with Gasteiger partial charge in [0.05, 0.1) is 19.4 Å². The first-order chi connectivity index (χ1) is 14.0. The van der Waals surface area contributed by atoms with E-state index in [-0.39, 0.29) is 5.97 Å². The number of rotatable bonds is 5. The van der Waals surface area contributed by atoms with Gasteiger partial charge in [-0.15, -0.1) is 11.8 Å². The fourth-order valence-electron chi connectivity index (χ4n) is 4.21. The molecule has 0 saturated carbocycles. The Kier molecular flexibility index (Phi) is 5.59. The molecule has 1 aromatic carbocycles. The molecule has 2 aromatic rings. The molecule has 1 aromatic heterocycles. The molecule has 29 heavy (non-hydrogen) atoms. The molecule has 0 bridgehead atoms.